The maximum Gasteiger partial charge on any atom is 0.324 e. The number of ether oxygens (including phenoxy) is 3. The summed E-state index contributed by atoms with van der Waals surface area (Å²) < 4.78 is 16.8. The average molecular weight is 685 g/mol. The van der Waals surface area contributed by atoms with Crippen LogP contribution >= 0.6 is 23.2 Å². The molecule has 6 unspecified atom stereocenters. The number of phenolic OH excluding ortho intramolecular Hbond substituents is 1. The number of phenols is 1. The van der Waals surface area contributed by atoms with Crippen molar-refractivity contribution in [2.75, 3.05) is 38.1 Å². The number of carbonyl (C=O) groups excluding carboxylic acids is 5. The maximum absolute atomic E-state index is 14.6. The molecule has 0 amide bonds. The van der Waals surface area contributed by atoms with E-state index in [0.717, 1.165) is 12.8 Å². The summed E-state index contributed by atoms with van der Waals surface area (Å²) in [6.45, 7) is 9.39. The summed E-state index contributed by atoms with van der Waals surface area (Å²) in [4.78, 5) is 72.2. The molecule has 1 aromatic rings. The van der Waals surface area contributed by atoms with Crippen molar-refractivity contribution >= 4 is 52.7 Å². The van der Waals surface area contributed by atoms with Crippen LogP contribution in [-0.4, -0.2) is 89.7 Å². The first kappa shape index (κ1) is 37.8. The van der Waals surface area contributed by atoms with Gasteiger partial charge in [-0.3, -0.25) is 28.9 Å². The number of aromatic hydroxyl groups is 1. The average Bonchev–Trinajstić information content (AvgIpc) is 2.99. The van der Waals surface area contributed by atoms with Gasteiger partial charge in [0.25, 0.3) is 0 Å². The summed E-state index contributed by atoms with van der Waals surface area (Å²) >= 11 is 12.3. The van der Waals surface area contributed by atoms with Crippen molar-refractivity contribution in [2.24, 2.45) is 35.5 Å². The molecule has 0 bridgehead atoms. The quantitative estimate of drug-likeness (QED) is 0.127. The number of esters is 3. The molecule has 0 aromatic heterocycles. The Morgan fingerprint density at radius 3 is 1.89 bits per heavy atom. The molecule has 0 aliphatic heterocycles. The Morgan fingerprint density at radius 1 is 0.913 bits per heavy atom. The van der Waals surface area contributed by atoms with E-state index in [1.54, 1.807) is 13.8 Å². The highest BCUT2D eigenvalue weighted by atomic mass is 35.5. The molecule has 12 heteroatoms. The Labute approximate surface area is 281 Å². The molecule has 0 heterocycles. The van der Waals surface area contributed by atoms with Gasteiger partial charge in [-0.15, -0.1) is 23.2 Å². The van der Waals surface area contributed by atoms with Gasteiger partial charge in [0.1, 0.15) is 35.6 Å². The normalized spacial score (nSPS) is 27.4. The lowest BCUT2D eigenvalue weighted by atomic mass is 9.62. The molecular weight excluding hydrogens is 637 g/mol. The second-order valence-electron chi connectivity index (χ2n) is 12.5. The van der Waals surface area contributed by atoms with E-state index >= 15 is 0 Å². The van der Waals surface area contributed by atoms with E-state index in [1.807, 2.05) is 0 Å². The zero-order valence-electron chi connectivity index (χ0n) is 27.3. The molecule has 46 heavy (non-hydrogen) atoms. The van der Waals surface area contributed by atoms with Crippen LogP contribution in [0.25, 0.3) is 0 Å². The number of Topliss-reactive ketones (excluding diaryl/α,β-unsaturated/α-hetero) is 2. The maximum atomic E-state index is 14.6. The number of rotatable bonds is 14. The highest BCUT2D eigenvalue weighted by Crippen LogP contribution is 2.45. The molecule has 2 saturated carbocycles. The van der Waals surface area contributed by atoms with Gasteiger partial charge in [0.2, 0.25) is 0 Å². The summed E-state index contributed by atoms with van der Waals surface area (Å²) in [6.07, 6.45) is 2.03. The van der Waals surface area contributed by atoms with Gasteiger partial charge in [-0.1, -0.05) is 39.3 Å². The van der Waals surface area contributed by atoms with Gasteiger partial charge in [0.15, 0.2) is 11.6 Å². The fraction of sp³-hybridized carbons (Fsp3) is 0.676. The molecule has 256 valence electrons. The Bertz CT molecular complexity index is 1180. The number of hydrogen-bond acceptors (Lipinski definition) is 10. The number of halogens is 2. The molecule has 0 saturated heterocycles. The lowest BCUT2D eigenvalue weighted by Gasteiger charge is -2.43. The fourth-order valence-corrected chi connectivity index (χ4v) is 7.46. The van der Waals surface area contributed by atoms with Crippen molar-refractivity contribution < 1.29 is 43.3 Å². The molecule has 0 spiro atoms. The molecule has 2 aliphatic carbocycles. The minimum atomic E-state index is -1.77. The van der Waals surface area contributed by atoms with Crippen LogP contribution in [0.3, 0.4) is 0 Å². The minimum Gasteiger partial charge on any atom is -0.508 e. The monoisotopic (exact) mass is 683 g/mol. The van der Waals surface area contributed by atoms with E-state index in [-0.39, 0.29) is 61.2 Å². The van der Waals surface area contributed by atoms with Crippen LogP contribution in [0.15, 0.2) is 24.3 Å². The first-order chi connectivity index (χ1) is 21.9. The fourth-order valence-electron chi connectivity index (χ4n) is 7.03. The van der Waals surface area contributed by atoms with Crippen molar-refractivity contribution in [3.05, 3.63) is 29.8 Å². The number of carbonyl (C=O) groups is 5. The smallest absolute Gasteiger partial charge is 0.324 e. The number of alkyl halides is 2. The Balaban J connectivity index is 2.21. The van der Waals surface area contributed by atoms with Gasteiger partial charge in [-0.05, 0) is 62.1 Å². The Morgan fingerprint density at radius 2 is 1.43 bits per heavy atom. The van der Waals surface area contributed by atoms with Crippen LogP contribution in [0.4, 0.5) is 0 Å². The molecule has 6 atom stereocenters. The number of ketones is 2. The van der Waals surface area contributed by atoms with Crippen LogP contribution in [0.1, 0.15) is 65.4 Å². The third kappa shape index (κ3) is 8.61. The van der Waals surface area contributed by atoms with Crippen LogP contribution in [0, 0.1) is 35.5 Å². The second-order valence-corrected chi connectivity index (χ2v) is 13.3. The zero-order valence-corrected chi connectivity index (χ0v) is 28.8. The van der Waals surface area contributed by atoms with Crippen LogP contribution < -0.4 is 0 Å². The molecule has 0 radical (unpaired) electrons. The lowest BCUT2D eigenvalue weighted by Crippen LogP contribution is -2.61. The highest BCUT2D eigenvalue weighted by molar-refractivity contribution is 6.21. The number of benzene rings is 1. The molecule has 2 fully saturated rings. The molecule has 2 aliphatic rings. The first-order valence-electron chi connectivity index (χ1n) is 16.2. The molecule has 1 N–H and O–H groups in total. The molecule has 10 nitrogen and oxygen atoms in total. The van der Waals surface area contributed by atoms with E-state index in [0.29, 0.717) is 12.3 Å². The molecular formula is C34H47Cl2NO9. The lowest BCUT2D eigenvalue weighted by molar-refractivity contribution is -0.175. The summed E-state index contributed by atoms with van der Waals surface area (Å²) in [6, 6.07) is 4.04. The van der Waals surface area contributed by atoms with E-state index in [1.165, 1.54) is 29.2 Å². The predicted molar refractivity (Wildman–Crippen MR) is 173 cm³/mol. The number of hydrogen-bond donors (Lipinski definition) is 1. The van der Waals surface area contributed by atoms with Gasteiger partial charge < -0.3 is 19.3 Å². The van der Waals surface area contributed by atoms with Crippen LogP contribution in [0.2, 0.25) is 0 Å². The third-order valence-corrected chi connectivity index (χ3v) is 9.56. The Kier molecular flexibility index (Phi) is 14.3. The Hall–Kier alpha value is -2.69. The largest absolute Gasteiger partial charge is 0.508 e. The van der Waals surface area contributed by atoms with Crippen molar-refractivity contribution in [1.29, 1.82) is 0 Å². The second kappa shape index (κ2) is 17.5. The SMILES string of the molecule is CCOC(=O)C1C(=O)C(C(C(=O)OC2CC(C)CCC2C(C)C)N(CCCl)CCCl)C(=O)C(C(=O)OCC)C1c1ccc(O)cc1. The van der Waals surface area contributed by atoms with Crippen LogP contribution in [0.5, 0.6) is 5.75 Å². The molecule has 1 aromatic carbocycles. The predicted octanol–water partition coefficient (Wildman–Crippen LogP) is 4.75. The van der Waals surface area contributed by atoms with E-state index < -0.39 is 65.3 Å². The topological polar surface area (TPSA) is 137 Å². The van der Waals surface area contributed by atoms with Gasteiger partial charge >= 0.3 is 17.9 Å². The third-order valence-electron chi connectivity index (χ3n) is 9.23. The van der Waals surface area contributed by atoms with Crippen molar-refractivity contribution in [3.8, 4) is 5.75 Å². The van der Waals surface area contributed by atoms with Gasteiger partial charge in [-0.25, -0.2) is 0 Å². The van der Waals surface area contributed by atoms with E-state index in [9.17, 15) is 29.1 Å². The summed E-state index contributed by atoms with van der Waals surface area (Å²) in [5.41, 5.74) is 0.280. The van der Waals surface area contributed by atoms with Crippen LogP contribution in [-0.2, 0) is 38.2 Å². The summed E-state index contributed by atoms with van der Waals surface area (Å²) in [7, 11) is 0. The summed E-state index contributed by atoms with van der Waals surface area (Å²) in [5.74, 6) is -10.2. The highest BCUT2D eigenvalue weighted by Gasteiger charge is 2.60. The van der Waals surface area contributed by atoms with Gasteiger partial charge in [0, 0.05) is 30.8 Å². The van der Waals surface area contributed by atoms with Gasteiger partial charge in [0.05, 0.1) is 13.2 Å². The molecule has 3 rings (SSSR count). The van der Waals surface area contributed by atoms with E-state index in [4.69, 9.17) is 37.4 Å². The van der Waals surface area contributed by atoms with E-state index in [2.05, 4.69) is 20.8 Å². The zero-order chi connectivity index (χ0) is 34.1. The standard InChI is InChI=1S/C34H47Cl2NO9/c1-6-44-32(41)26-25(21-9-11-22(38)12-10-21)27(33(42)45-7-2)31(40)28(30(26)39)29(37(16-14-35)17-15-36)34(43)46-24-18-20(5)8-13-23(24)19(3)4/h9-12,19-20,23-29,38H,6-8,13-18H2,1-5H3. The first-order valence-corrected chi connectivity index (χ1v) is 17.2. The van der Waals surface area contributed by atoms with Crippen molar-refractivity contribution in [1.82, 2.24) is 4.90 Å². The minimum absolute atomic E-state index is 0.0452. The van der Waals surface area contributed by atoms with Crippen molar-refractivity contribution in [2.45, 2.75) is 71.9 Å². The van der Waals surface area contributed by atoms with Gasteiger partial charge in [-0.2, -0.15) is 0 Å². The summed E-state index contributed by atoms with van der Waals surface area (Å²) in [5, 5.41) is 9.92. The number of nitrogens with zero attached hydrogens (tertiary/aromatic N) is 1. The van der Waals surface area contributed by atoms with Crippen molar-refractivity contribution in [3.63, 3.8) is 0 Å².